The molecule has 0 unspecified atom stereocenters. The minimum atomic E-state index is -0.806. The average molecular weight is 400 g/mol. The Kier molecular flexibility index (Phi) is 5.92. The van der Waals surface area contributed by atoms with Crippen LogP contribution >= 0.6 is 0 Å². The van der Waals surface area contributed by atoms with Crippen LogP contribution in [-0.4, -0.2) is 47.5 Å². The van der Waals surface area contributed by atoms with Crippen LogP contribution in [0, 0.1) is 11.6 Å². The van der Waals surface area contributed by atoms with Gasteiger partial charge in [-0.05, 0) is 37.4 Å². The maximum Gasteiger partial charge on any atom is 0.248 e. The second-order valence-electron chi connectivity index (χ2n) is 8.05. The Balaban J connectivity index is 1.41. The lowest BCUT2D eigenvalue weighted by atomic mass is 9.92. The summed E-state index contributed by atoms with van der Waals surface area (Å²) in [6.45, 7) is 3.17. The first kappa shape index (κ1) is 20.0. The van der Waals surface area contributed by atoms with Crippen molar-refractivity contribution in [2.24, 2.45) is 0 Å². The van der Waals surface area contributed by atoms with E-state index >= 15 is 0 Å². The standard InChI is InChI=1S/C23H26F2N2O2/c24-20-9-4-8-19(22(20)25)15-26-12-5-10-23(11-13-26)17-27(21(28)16-29-23)14-18-6-2-1-3-7-18/h1-4,6-9H,5,10-17H2/t23-/m0/s1. The zero-order valence-corrected chi connectivity index (χ0v) is 16.4. The number of likely N-dealkylation sites (tertiary alicyclic amines) is 1. The summed E-state index contributed by atoms with van der Waals surface area (Å²) in [6.07, 6.45) is 2.51. The predicted octanol–water partition coefficient (Wildman–Crippen LogP) is 3.75. The summed E-state index contributed by atoms with van der Waals surface area (Å²) < 4.78 is 33.6. The SMILES string of the molecule is O=C1CO[C@]2(CCCN(Cc3cccc(F)c3F)CC2)CN1Cc1ccccc1. The molecule has 1 amide bonds. The number of halogens is 2. The first-order valence-corrected chi connectivity index (χ1v) is 10.2. The van der Waals surface area contributed by atoms with Gasteiger partial charge in [0.25, 0.3) is 0 Å². The van der Waals surface area contributed by atoms with Crippen molar-refractivity contribution in [3.8, 4) is 0 Å². The van der Waals surface area contributed by atoms with Crippen LogP contribution in [-0.2, 0) is 22.6 Å². The van der Waals surface area contributed by atoms with E-state index in [9.17, 15) is 13.6 Å². The first-order valence-electron chi connectivity index (χ1n) is 10.2. The van der Waals surface area contributed by atoms with Crippen LogP contribution in [0.15, 0.2) is 48.5 Å². The van der Waals surface area contributed by atoms with E-state index in [0.29, 0.717) is 25.2 Å². The molecule has 29 heavy (non-hydrogen) atoms. The van der Waals surface area contributed by atoms with Crippen LogP contribution in [0.25, 0.3) is 0 Å². The van der Waals surface area contributed by atoms with Gasteiger partial charge in [0.05, 0.1) is 12.1 Å². The number of hydrogen-bond acceptors (Lipinski definition) is 3. The van der Waals surface area contributed by atoms with E-state index < -0.39 is 11.6 Å². The molecule has 154 valence electrons. The molecule has 1 spiro atoms. The number of rotatable bonds is 4. The minimum absolute atomic E-state index is 0.0161. The molecule has 0 bridgehead atoms. The average Bonchev–Trinajstić information content (AvgIpc) is 2.92. The van der Waals surface area contributed by atoms with Crippen molar-refractivity contribution in [3.63, 3.8) is 0 Å². The third-order valence-corrected chi connectivity index (χ3v) is 5.97. The number of nitrogens with zero attached hydrogens (tertiary/aromatic N) is 2. The van der Waals surface area contributed by atoms with E-state index in [1.165, 1.54) is 0 Å². The van der Waals surface area contributed by atoms with E-state index in [0.717, 1.165) is 44.0 Å². The Morgan fingerprint density at radius 2 is 1.79 bits per heavy atom. The fraction of sp³-hybridized carbons (Fsp3) is 0.435. The molecular formula is C23H26F2N2O2. The maximum atomic E-state index is 14.0. The Bertz CT molecular complexity index is 861. The van der Waals surface area contributed by atoms with Crippen LogP contribution in [0.1, 0.15) is 30.4 Å². The molecule has 0 N–H and O–H groups in total. The van der Waals surface area contributed by atoms with Gasteiger partial charge in [-0.15, -0.1) is 0 Å². The van der Waals surface area contributed by atoms with Gasteiger partial charge < -0.3 is 9.64 Å². The lowest BCUT2D eigenvalue weighted by Gasteiger charge is -2.42. The Morgan fingerprint density at radius 3 is 2.62 bits per heavy atom. The van der Waals surface area contributed by atoms with E-state index in [1.807, 2.05) is 35.2 Å². The molecule has 2 fully saturated rings. The van der Waals surface area contributed by atoms with Crippen molar-refractivity contribution < 1.29 is 18.3 Å². The van der Waals surface area contributed by atoms with Crippen molar-refractivity contribution >= 4 is 5.91 Å². The summed E-state index contributed by atoms with van der Waals surface area (Å²) >= 11 is 0. The van der Waals surface area contributed by atoms with Crippen molar-refractivity contribution in [2.75, 3.05) is 26.2 Å². The monoisotopic (exact) mass is 400 g/mol. The number of hydrogen-bond donors (Lipinski definition) is 0. The maximum absolute atomic E-state index is 14.0. The predicted molar refractivity (Wildman–Crippen MR) is 106 cm³/mol. The highest BCUT2D eigenvalue weighted by atomic mass is 19.2. The summed E-state index contributed by atoms with van der Waals surface area (Å²) in [6, 6.07) is 14.3. The molecule has 4 nitrogen and oxygen atoms in total. The number of ether oxygens (including phenoxy) is 1. The van der Waals surface area contributed by atoms with Gasteiger partial charge in [0.1, 0.15) is 6.61 Å². The third-order valence-electron chi connectivity index (χ3n) is 5.97. The highest BCUT2D eigenvalue weighted by Crippen LogP contribution is 2.32. The normalized spacial score (nSPS) is 23.4. The van der Waals surface area contributed by atoms with Gasteiger partial charge in [0.15, 0.2) is 11.6 Å². The second kappa shape index (κ2) is 8.59. The van der Waals surface area contributed by atoms with E-state index in [1.54, 1.807) is 12.1 Å². The molecule has 2 aliphatic heterocycles. The molecule has 0 aromatic heterocycles. The molecule has 0 radical (unpaired) electrons. The summed E-state index contributed by atoms with van der Waals surface area (Å²) in [5.74, 6) is -1.55. The van der Waals surface area contributed by atoms with Crippen molar-refractivity contribution in [1.29, 1.82) is 0 Å². The molecule has 2 aliphatic rings. The topological polar surface area (TPSA) is 32.8 Å². The summed E-state index contributed by atoms with van der Waals surface area (Å²) in [4.78, 5) is 16.4. The van der Waals surface area contributed by atoms with Crippen LogP contribution in [0.3, 0.4) is 0 Å². The van der Waals surface area contributed by atoms with Crippen LogP contribution in [0.2, 0.25) is 0 Å². The fourth-order valence-corrected chi connectivity index (χ4v) is 4.33. The van der Waals surface area contributed by atoms with E-state index in [-0.39, 0.29) is 18.1 Å². The Morgan fingerprint density at radius 1 is 0.966 bits per heavy atom. The first-order chi connectivity index (χ1) is 14.0. The molecule has 4 rings (SSSR count). The number of amides is 1. The van der Waals surface area contributed by atoms with Gasteiger partial charge in [0, 0.05) is 25.2 Å². The van der Waals surface area contributed by atoms with Crippen LogP contribution in [0.5, 0.6) is 0 Å². The molecule has 2 aromatic carbocycles. The Labute approximate surface area is 170 Å². The van der Waals surface area contributed by atoms with Crippen LogP contribution < -0.4 is 0 Å². The molecule has 2 heterocycles. The third kappa shape index (κ3) is 4.65. The summed E-state index contributed by atoms with van der Waals surface area (Å²) in [7, 11) is 0. The number of morpholine rings is 1. The lowest BCUT2D eigenvalue weighted by molar-refractivity contribution is -0.166. The van der Waals surface area contributed by atoms with Gasteiger partial charge in [-0.2, -0.15) is 0 Å². The molecule has 6 heteroatoms. The quantitative estimate of drug-likeness (QED) is 0.784. The van der Waals surface area contributed by atoms with Gasteiger partial charge in [-0.25, -0.2) is 8.78 Å². The van der Waals surface area contributed by atoms with Crippen molar-refractivity contribution in [3.05, 3.63) is 71.3 Å². The van der Waals surface area contributed by atoms with E-state index in [2.05, 4.69) is 4.90 Å². The van der Waals surface area contributed by atoms with E-state index in [4.69, 9.17) is 4.74 Å². The molecule has 0 saturated carbocycles. The minimum Gasteiger partial charge on any atom is -0.363 e. The smallest absolute Gasteiger partial charge is 0.248 e. The largest absolute Gasteiger partial charge is 0.363 e. The lowest BCUT2D eigenvalue weighted by Crippen LogP contribution is -2.54. The van der Waals surface area contributed by atoms with Crippen LogP contribution in [0.4, 0.5) is 8.78 Å². The number of benzene rings is 2. The summed E-state index contributed by atoms with van der Waals surface area (Å²) in [5.41, 5.74) is 1.12. The highest BCUT2D eigenvalue weighted by Gasteiger charge is 2.40. The van der Waals surface area contributed by atoms with Gasteiger partial charge >= 0.3 is 0 Å². The molecule has 2 aromatic rings. The molecule has 0 aliphatic carbocycles. The van der Waals surface area contributed by atoms with Gasteiger partial charge in [-0.3, -0.25) is 9.69 Å². The van der Waals surface area contributed by atoms with Crippen molar-refractivity contribution in [1.82, 2.24) is 9.80 Å². The Hall–Kier alpha value is -2.31. The molecule has 1 atom stereocenters. The van der Waals surface area contributed by atoms with Crippen molar-refractivity contribution in [2.45, 2.75) is 38.0 Å². The summed E-state index contributed by atoms with van der Waals surface area (Å²) in [5, 5.41) is 0. The fourth-order valence-electron chi connectivity index (χ4n) is 4.33. The molecular weight excluding hydrogens is 374 g/mol. The zero-order chi connectivity index (χ0) is 20.3. The number of carbonyl (C=O) groups excluding carboxylic acids is 1. The number of carbonyl (C=O) groups is 1. The van der Waals surface area contributed by atoms with Gasteiger partial charge in [-0.1, -0.05) is 42.5 Å². The zero-order valence-electron chi connectivity index (χ0n) is 16.4. The van der Waals surface area contributed by atoms with Gasteiger partial charge in [0.2, 0.25) is 5.91 Å². The second-order valence-corrected chi connectivity index (χ2v) is 8.05. The molecule has 2 saturated heterocycles. The highest BCUT2D eigenvalue weighted by molar-refractivity contribution is 5.78.